The van der Waals surface area contributed by atoms with Gasteiger partial charge < -0.3 is 39.6 Å². The van der Waals surface area contributed by atoms with Crippen LogP contribution in [0, 0.1) is 12.3 Å². The number of rotatable bonds is 19. The minimum atomic E-state index is -1.95. The molecule has 2 heterocycles. The molecule has 4 rings (SSSR count). The number of nitrogens with zero attached hydrogens (tertiary/aromatic N) is 2. The lowest BCUT2D eigenvalue weighted by molar-refractivity contribution is -0.167. The Morgan fingerprint density at radius 2 is 1.84 bits per heavy atom. The Bertz CT molecular complexity index is 1440. The molecule has 3 atom stereocenters. The number of aliphatic hydroxyl groups is 1. The van der Waals surface area contributed by atoms with Gasteiger partial charge in [0.25, 0.3) is 5.91 Å². The van der Waals surface area contributed by atoms with E-state index >= 15 is 0 Å². The van der Waals surface area contributed by atoms with Crippen LogP contribution in [0.1, 0.15) is 78.0 Å². The molecule has 2 aliphatic rings. The van der Waals surface area contributed by atoms with Crippen LogP contribution in [0.3, 0.4) is 0 Å². The predicted octanol–water partition coefficient (Wildman–Crippen LogP) is 4.30. The topological polar surface area (TPSA) is 149 Å². The smallest absolute Gasteiger partial charge is 0.258 e. The van der Waals surface area contributed by atoms with Crippen molar-refractivity contribution in [3.05, 3.63) is 35.0 Å². The molecule has 3 N–H and O–H groups in total. The van der Waals surface area contributed by atoms with Crippen LogP contribution in [-0.4, -0.2) is 102 Å². The highest BCUT2D eigenvalue weighted by molar-refractivity contribution is 7.13. The first-order valence-corrected chi connectivity index (χ1v) is 18.4. The molecule has 278 valence electrons. The van der Waals surface area contributed by atoms with Gasteiger partial charge in [-0.3, -0.25) is 14.4 Å². The second kappa shape index (κ2) is 17.9. The molecule has 2 fully saturated rings. The van der Waals surface area contributed by atoms with E-state index in [0.29, 0.717) is 38.8 Å². The average Bonchev–Trinajstić information content (AvgIpc) is 3.48. The summed E-state index contributed by atoms with van der Waals surface area (Å²) in [7, 11) is 0. The molecule has 14 heteroatoms. The predicted molar refractivity (Wildman–Crippen MR) is 187 cm³/mol. The number of unbranched alkanes of at least 4 members (excludes halogenated alkanes) is 1. The molecule has 1 aliphatic heterocycles. The van der Waals surface area contributed by atoms with Gasteiger partial charge in [0.2, 0.25) is 11.8 Å². The van der Waals surface area contributed by atoms with Crippen LogP contribution in [0.2, 0.25) is 0 Å². The van der Waals surface area contributed by atoms with E-state index in [1.54, 1.807) is 26.3 Å². The number of hydrogen-bond acceptors (Lipinski definition) is 10. The first-order chi connectivity index (χ1) is 23.8. The van der Waals surface area contributed by atoms with Crippen LogP contribution in [-0.2, 0) is 35.1 Å². The number of β-amino-alcohol motifs (C(OH)–C–C–N with tert-alkyl or cyclic N) is 1. The second-order valence-corrected chi connectivity index (χ2v) is 14.8. The molecule has 1 saturated heterocycles. The minimum Gasteiger partial charge on any atom is -0.493 e. The van der Waals surface area contributed by atoms with Gasteiger partial charge in [-0.25, -0.2) is 9.37 Å². The number of carbonyl (C=O) groups excluding carboxylic acids is 3. The molecule has 12 nitrogen and oxygen atoms in total. The fraction of sp³-hybridized carbons (Fsp3) is 0.667. The van der Waals surface area contributed by atoms with Crippen molar-refractivity contribution in [1.29, 1.82) is 0 Å². The fourth-order valence-electron chi connectivity index (χ4n) is 5.76. The van der Waals surface area contributed by atoms with E-state index in [2.05, 4.69) is 15.6 Å². The van der Waals surface area contributed by atoms with Crippen molar-refractivity contribution < 1.29 is 42.8 Å². The Morgan fingerprint density at radius 3 is 2.46 bits per heavy atom. The Kier molecular flexibility index (Phi) is 14.1. The summed E-state index contributed by atoms with van der Waals surface area (Å²) in [5, 5.41) is 16.0. The number of amides is 3. The molecular weight excluding hydrogens is 667 g/mol. The van der Waals surface area contributed by atoms with Gasteiger partial charge in [0, 0.05) is 44.9 Å². The Hall–Kier alpha value is -3.17. The highest BCUT2D eigenvalue weighted by Gasteiger charge is 2.53. The van der Waals surface area contributed by atoms with Gasteiger partial charge in [-0.1, -0.05) is 32.9 Å². The van der Waals surface area contributed by atoms with Crippen LogP contribution < -0.4 is 15.4 Å². The molecule has 0 radical (unpaired) electrons. The quantitative estimate of drug-likeness (QED) is 0.143. The zero-order chi connectivity index (χ0) is 36.5. The van der Waals surface area contributed by atoms with Crippen LogP contribution in [0.25, 0.3) is 10.4 Å². The van der Waals surface area contributed by atoms with Crippen LogP contribution in [0.15, 0.2) is 23.7 Å². The van der Waals surface area contributed by atoms with Crippen molar-refractivity contribution in [1.82, 2.24) is 20.5 Å². The van der Waals surface area contributed by atoms with Gasteiger partial charge in [0.05, 0.1) is 35.4 Å². The van der Waals surface area contributed by atoms with Crippen molar-refractivity contribution in [3.8, 4) is 16.2 Å². The SMILES string of the molecule is CCOC(COCCCCOc1cc(-c2scnc2C)ccc1CNC(=O)[C@@H]1C[C@@H](O)CN1C(=O)[C@@H](NC(=O)C1(F)CC1)C(C)(C)C)OCC. The monoisotopic (exact) mass is 720 g/mol. The van der Waals surface area contributed by atoms with Crippen LogP contribution >= 0.6 is 11.3 Å². The maximum absolute atomic E-state index is 14.5. The molecule has 1 aromatic carbocycles. The van der Waals surface area contributed by atoms with Gasteiger partial charge >= 0.3 is 0 Å². The molecule has 2 aromatic rings. The number of nitrogens with one attached hydrogen (secondary N) is 2. The van der Waals surface area contributed by atoms with Crippen LogP contribution in [0.5, 0.6) is 5.75 Å². The van der Waals surface area contributed by atoms with E-state index < -0.39 is 47.0 Å². The van der Waals surface area contributed by atoms with E-state index in [1.807, 2.05) is 39.0 Å². The summed E-state index contributed by atoms with van der Waals surface area (Å²) in [4.78, 5) is 46.7. The normalized spacial score (nSPS) is 19.0. The van der Waals surface area contributed by atoms with Gasteiger partial charge in [-0.15, -0.1) is 11.3 Å². The van der Waals surface area contributed by atoms with E-state index in [4.69, 9.17) is 18.9 Å². The lowest BCUT2D eigenvalue weighted by Crippen LogP contribution is -2.59. The number of carbonyl (C=O) groups is 3. The summed E-state index contributed by atoms with van der Waals surface area (Å²) in [5.41, 5.74) is 1.67. The number of thiazole rings is 1. The summed E-state index contributed by atoms with van der Waals surface area (Å²) in [6.45, 7) is 13.5. The van der Waals surface area contributed by atoms with Gasteiger partial charge in [0.1, 0.15) is 17.8 Å². The van der Waals surface area contributed by atoms with Crippen molar-refractivity contribution in [2.24, 2.45) is 5.41 Å². The van der Waals surface area contributed by atoms with Crippen LogP contribution in [0.4, 0.5) is 4.39 Å². The van der Waals surface area contributed by atoms with Gasteiger partial charge in [-0.2, -0.15) is 0 Å². The molecule has 50 heavy (non-hydrogen) atoms. The number of alkyl halides is 1. The third kappa shape index (κ3) is 10.7. The number of halogens is 1. The first-order valence-electron chi connectivity index (χ1n) is 17.5. The lowest BCUT2D eigenvalue weighted by Gasteiger charge is -2.35. The second-order valence-electron chi connectivity index (χ2n) is 13.9. The molecular formula is C36H53FN4O8S. The maximum atomic E-state index is 14.5. The summed E-state index contributed by atoms with van der Waals surface area (Å²) < 4.78 is 37.5. The fourth-order valence-corrected chi connectivity index (χ4v) is 6.56. The van der Waals surface area contributed by atoms with E-state index in [0.717, 1.165) is 34.5 Å². The lowest BCUT2D eigenvalue weighted by atomic mass is 9.85. The zero-order valence-electron chi connectivity index (χ0n) is 30.1. The third-order valence-corrected chi connectivity index (χ3v) is 9.75. The Balaban J connectivity index is 1.39. The highest BCUT2D eigenvalue weighted by atomic mass is 32.1. The number of hydrogen-bond donors (Lipinski definition) is 3. The highest BCUT2D eigenvalue weighted by Crippen LogP contribution is 2.40. The van der Waals surface area contributed by atoms with Crippen molar-refractivity contribution >= 4 is 29.1 Å². The maximum Gasteiger partial charge on any atom is 0.258 e. The summed E-state index contributed by atoms with van der Waals surface area (Å²) >= 11 is 1.53. The van der Waals surface area contributed by atoms with Gasteiger partial charge in [0.15, 0.2) is 12.0 Å². The zero-order valence-corrected chi connectivity index (χ0v) is 30.9. The molecule has 1 aliphatic carbocycles. The Morgan fingerprint density at radius 1 is 1.14 bits per heavy atom. The molecule has 1 saturated carbocycles. The number of ether oxygens (including phenoxy) is 4. The molecule has 3 amide bonds. The first kappa shape index (κ1) is 39.6. The van der Waals surface area contributed by atoms with E-state index in [1.165, 1.54) is 16.2 Å². The van der Waals surface area contributed by atoms with Crippen molar-refractivity contribution in [2.45, 2.75) is 110 Å². The number of aryl methyl sites for hydroxylation is 1. The summed E-state index contributed by atoms with van der Waals surface area (Å²) in [6, 6.07) is 3.76. The standard InChI is InChI=1S/C36H53FN4O8S/c1-7-47-29(48-8-2)21-46-15-9-10-16-49-28-17-24(30-23(3)39-22-50-30)11-12-25(28)19-38-32(43)27-18-26(42)20-41(27)33(44)31(35(4,5)6)40-34(45)36(37)13-14-36/h11-12,17,22,26-27,29,31,42H,7-10,13-16,18-21H2,1-6H3,(H,38,43)(H,40,45)/t26-,27+,31-/m1/s1. The average molecular weight is 721 g/mol. The summed E-state index contributed by atoms with van der Waals surface area (Å²) in [5.74, 6) is -1.18. The number of aliphatic hydroxyl groups excluding tert-OH is 1. The molecule has 0 spiro atoms. The van der Waals surface area contributed by atoms with Crippen molar-refractivity contribution in [2.75, 3.05) is 39.6 Å². The summed E-state index contributed by atoms with van der Waals surface area (Å²) in [6.07, 6.45) is 0.471. The largest absolute Gasteiger partial charge is 0.493 e. The molecule has 0 unspecified atom stereocenters. The third-order valence-electron chi connectivity index (χ3n) is 8.78. The van der Waals surface area contributed by atoms with Crippen molar-refractivity contribution in [3.63, 3.8) is 0 Å². The van der Waals surface area contributed by atoms with Gasteiger partial charge in [-0.05, 0) is 63.5 Å². The minimum absolute atomic E-state index is 0.0420. The number of benzene rings is 1. The number of likely N-dealkylation sites (tertiary alicyclic amines) is 1. The number of aromatic nitrogens is 1. The Labute approximate surface area is 298 Å². The molecule has 1 aromatic heterocycles. The van der Waals surface area contributed by atoms with E-state index in [-0.39, 0.29) is 38.6 Å². The van der Waals surface area contributed by atoms with E-state index in [9.17, 15) is 23.9 Å². The molecule has 0 bridgehead atoms.